The number of aliphatic carboxylic acids is 1. The number of aliphatic hydroxyl groups is 1. The number of β-amino-alcohol motifs (C(OH)–C–C–N with tert-alkyl or cyclic N) is 1. The number of carboxylic acid groups (broad SMARTS) is 1. The summed E-state index contributed by atoms with van der Waals surface area (Å²) in [6.07, 6.45) is 0.631. The van der Waals surface area contributed by atoms with Gasteiger partial charge in [-0.15, -0.1) is 0 Å². The van der Waals surface area contributed by atoms with E-state index in [2.05, 4.69) is 9.97 Å². The molecule has 1 saturated heterocycles. The van der Waals surface area contributed by atoms with Crippen molar-refractivity contribution in [3.63, 3.8) is 0 Å². The number of aryl methyl sites for hydroxylation is 1. The van der Waals surface area contributed by atoms with Crippen molar-refractivity contribution in [2.45, 2.75) is 36.9 Å². The number of hydrogen-bond donors (Lipinski definition) is 3. The van der Waals surface area contributed by atoms with Gasteiger partial charge < -0.3 is 15.2 Å². The van der Waals surface area contributed by atoms with E-state index in [-0.39, 0.29) is 18.0 Å². The molecule has 2 rings (SSSR count). The number of aromatic amines is 1. The number of aromatic nitrogens is 2. The summed E-state index contributed by atoms with van der Waals surface area (Å²) >= 11 is 0. The molecule has 1 fully saturated rings. The number of aliphatic hydroxyl groups excluding tert-OH is 1. The second-order valence-corrected chi connectivity index (χ2v) is 6.22. The number of carboxylic acids is 1. The highest BCUT2D eigenvalue weighted by atomic mass is 32.2. The van der Waals surface area contributed by atoms with E-state index >= 15 is 0 Å². The van der Waals surface area contributed by atoms with Crippen LogP contribution in [0.2, 0.25) is 0 Å². The lowest BCUT2D eigenvalue weighted by atomic mass is 10.2. The fourth-order valence-electron chi connectivity index (χ4n) is 2.05. The van der Waals surface area contributed by atoms with E-state index in [1.807, 2.05) is 6.92 Å². The quantitative estimate of drug-likeness (QED) is 0.665. The molecule has 1 unspecified atom stereocenters. The first-order valence-corrected chi connectivity index (χ1v) is 7.27. The Morgan fingerprint density at radius 1 is 1.63 bits per heavy atom. The van der Waals surface area contributed by atoms with E-state index in [1.54, 1.807) is 0 Å². The minimum Gasteiger partial charge on any atom is -0.480 e. The smallest absolute Gasteiger partial charge is 0.322 e. The first-order chi connectivity index (χ1) is 8.86. The Morgan fingerprint density at radius 2 is 2.32 bits per heavy atom. The molecule has 1 aliphatic heterocycles. The maximum atomic E-state index is 12.3. The molecule has 2 heterocycles. The molecule has 19 heavy (non-hydrogen) atoms. The van der Waals surface area contributed by atoms with Gasteiger partial charge in [-0.2, -0.15) is 4.31 Å². The largest absolute Gasteiger partial charge is 0.480 e. The lowest BCUT2D eigenvalue weighted by Gasteiger charge is -2.19. The van der Waals surface area contributed by atoms with Gasteiger partial charge in [-0.25, -0.2) is 13.4 Å². The molecule has 1 aromatic rings. The highest BCUT2D eigenvalue weighted by Crippen LogP contribution is 2.25. The van der Waals surface area contributed by atoms with E-state index in [0.717, 1.165) is 10.5 Å². The molecule has 2 atom stereocenters. The number of H-pyrrole nitrogens is 1. The number of sulfonamides is 1. The van der Waals surface area contributed by atoms with Gasteiger partial charge in [0.25, 0.3) is 10.0 Å². The predicted octanol–water partition coefficient (Wildman–Crippen LogP) is -0.819. The van der Waals surface area contributed by atoms with Crippen LogP contribution < -0.4 is 0 Å². The van der Waals surface area contributed by atoms with Crippen LogP contribution in [0.1, 0.15) is 19.2 Å². The molecule has 0 bridgehead atoms. The summed E-state index contributed by atoms with van der Waals surface area (Å²) < 4.78 is 25.4. The average molecular weight is 289 g/mol. The summed E-state index contributed by atoms with van der Waals surface area (Å²) in [7, 11) is -3.98. The molecule has 0 aliphatic carbocycles. The standard InChI is InChI=1S/C10H15N3O5S/c1-2-8-11-4-9(12-8)19(17,18)13-5-6(14)3-7(13)10(15)16/h4,6-7,14H,2-3,5H2,1H3,(H,11,12)(H,15,16)/t6?,7-/m1/s1. The maximum Gasteiger partial charge on any atom is 0.322 e. The van der Waals surface area contributed by atoms with Crippen LogP contribution in [0.4, 0.5) is 0 Å². The summed E-state index contributed by atoms with van der Waals surface area (Å²) in [6, 6.07) is -1.24. The van der Waals surface area contributed by atoms with Crippen molar-refractivity contribution in [2.24, 2.45) is 0 Å². The van der Waals surface area contributed by atoms with Gasteiger partial charge in [0.15, 0.2) is 5.03 Å². The fraction of sp³-hybridized carbons (Fsp3) is 0.600. The topological polar surface area (TPSA) is 124 Å². The number of imidazole rings is 1. The van der Waals surface area contributed by atoms with Crippen molar-refractivity contribution >= 4 is 16.0 Å². The van der Waals surface area contributed by atoms with Crippen LogP contribution >= 0.6 is 0 Å². The Bertz CT molecular complexity index is 582. The zero-order valence-electron chi connectivity index (χ0n) is 10.3. The molecule has 0 saturated carbocycles. The SMILES string of the molecule is CCc1ncc(S(=O)(=O)N2CC(O)C[C@@H]2C(=O)O)[nH]1. The summed E-state index contributed by atoms with van der Waals surface area (Å²) in [5, 5.41) is 18.4. The second-order valence-electron chi connectivity index (χ2n) is 4.37. The molecule has 8 nitrogen and oxygen atoms in total. The highest BCUT2D eigenvalue weighted by molar-refractivity contribution is 7.89. The zero-order chi connectivity index (χ0) is 14.2. The first kappa shape index (κ1) is 14.0. The molecule has 0 spiro atoms. The van der Waals surface area contributed by atoms with E-state index in [1.165, 1.54) is 0 Å². The minimum atomic E-state index is -3.98. The van der Waals surface area contributed by atoms with Crippen LogP contribution in [0.15, 0.2) is 11.2 Å². The lowest BCUT2D eigenvalue weighted by molar-refractivity contribution is -0.140. The average Bonchev–Trinajstić information content (AvgIpc) is 2.94. The molecule has 1 aromatic heterocycles. The van der Waals surface area contributed by atoms with Crippen LogP contribution in [0, 0.1) is 0 Å². The van der Waals surface area contributed by atoms with Gasteiger partial charge in [0.05, 0.1) is 12.3 Å². The van der Waals surface area contributed by atoms with Crippen molar-refractivity contribution < 1.29 is 23.4 Å². The first-order valence-electron chi connectivity index (χ1n) is 5.82. The molecule has 0 radical (unpaired) electrons. The monoisotopic (exact) mass is 289 g/mol. The molecule has 0 aromatic carbocycles. The zero-order valence-corrected chi connectivity index (χ0v) is 11.1. The summed E-state index contributed by atoms with van der Waals surface area (Å²) in [5.74, 6) is -0.763. The maximum absolute atomic E-state index is 12.3. The van der Waals surface area contributed by atoms with Crippen LogP contribution in [-0.2, 0) is 21.2 Å². The third kappa shape index (κ3) is 2.48. The Balaban J connectivity index is 2.35. The summed E-state index contributed by atoms with van der Waals surface area (Å²) in [5.41, 5.74) is 0. The van der Waals surface area contributed by atoms with Crippen LogP contribution in [0.3, 0.4) is 0 Å². The van der Waals surface area contributed by atoms with E-state index in [0.29, 0.717) is 12.2 Å². The highest BCUT2D eigenvalue weighted by Gasteiger charge is 2.44. The van der Waals surface area contributed by atoms with Crippen LogP contribution in [0.25, 0.3) is 0 Å². The van der Waals surface area contributed by atoms with E-state index in [4.69, 9.17) is 5.11 Å². The van der Waals surface area contributed by atoms with Gasteiger partial charge in [0, 0.05) is 19.4 Å². The van der Waals surface area contributed by atoms with Crippen molar-refractivity contribution in [3.05, 3.63) is 12.0 Å². The minimum absolute atomic E-state index is 0.108. The number of rotatable bonds is 4. The molecule has 9 heteroatoms. The molecule has 3 N–H and O–H groups in total. The van der Waals surface area contributed by atoms with Gasteiger partial charge >= 0.3 is 5.97 Å². The number of hydrogen-bond acceptors (Lipinski definition) is 5. The van der Waals surface area contributed by atoms with Gasteiger partial charge in [-0.05, 0) is 0 Å². The summed E-state index contributed by atoms with van der Waals surface area (Å²) in [4.78, 5) is 17.6. The van der Waals surface area contributed by atoms with Crippen LogP contribution in [0.5, 0.6) is 0 Å². The molecule has 0 amide bonds. The van der Waals surface area contributed by atoms with Gasteiger partial charge in [0.2, 0.25) is 0 Å². The number of nitrogens with zero attached hydrogens (tertiary/aromatic N) is 2. The Morgan fingerprint density at radius 3 is 2.84 bits per heavy atom. The Labute approximate surface area is 110 Å². The molecule has 106 valence electrons. The van der Waals surface area contributed by atoms with E-state index in [9.17, 15) is 18.3 Å². The molecular formula is C10H15N3O5S. The second kappa shape index (κ2) is 4.91. The third-order valence-corrected chi connectivity index (χ3v) is 4.83. The number of carbonyl (C=O) groups is 1. The predicted molar refractivity (Wildman–Crippen MR) is 63.9 cm³/mol. The van der Waals surface area contributed by atoms with Gasteiger partial charge in [0.1, 0.15) is 11.9 Å². The van der Waals surface area contributed by atoms with Crippen LogP contribution in [-0.4, -0.2) is 57.6 Å². The number of nitrogens with one attached hydrogen (secondary N) is 1. The van der Waals surface area contributed by atoms with Crippen molar-refractivity contribution in [1.82, 2.24) is 14.3 Å². The Kier molecular flexibility index (Phi) is 3.61. The Hall–Kier alpha value is -1.45. The van der Waals surface area contributed by atoms with Crippen molar-refractivity contribution in [2.75, 3.05) is 6.54 Å². The lowest BCUT2D eigenvalue weighted by Crippen LogP contribution is -2.40. The van der Waals surface area contributed by atoms with Crippen molar-refractivity contribution in [3.8, 4) is 0 Å². The molecule has 1 aliphatic rings. The normalized spacial score (nSPS) is 24.7. The fourth-order valence-corrected chi connectivity index (χ4v) is 3.62. The third-order valence-electron chi connectivity index (χ3n) is 3.05. The van der Waals surface area contributed by atoms with Gasteiger partial charge in [-0.3, -0.25) is 4.79 Å². The van der Waals surface area contributed by atoms with E-state index < -0.39 is 28.1 Å². The van der Waals surface area contributed by atoms with Crippen molar-refractivity contribution in [1.29, 1.82) is 0 Å². The summed E-state index contributed by atoms with van der Waals surface area (Å²) in [6.45, 7) is 1.59. The molecular weight excluding hydrogens is 274 g/mol. The van der Waals surface area contributed by atoms with Gasteiger partial charge in [-0.1, -0.05) is 6.92 Å².